The van der Waals surface area contributed by atoms with Crippen molar-refractivity contribution in [3.05, 3.63) is 69.1 Å². The van der Waals surface area contributed by atoms with Crippen molar-refractivity contribution < 1.29 is 14.3 Å². The maximum Gasteiger partial charge on any atom is 0.274 e. The molecule has 0 aliphatic heterocycles. The molecule has 0 spiro atoms. The van der Waals surface area contributed by atoms with Crippen molar-refractivity contribution in [1.82, 2.24) is 14.8 Å². The largest absolute Gasteiger partial charge is 0.483 e. The molecular formula is C18H18N4O4S. The summed E-state index contributed by atoms with van der Waals surface area (Å²) in [6.45, 7) is 0.591. The molecule has 0 aliphatic rings. The van der Waals surface area contributed by atoms with Gasteiger partial charge in [0, 0.05) is 20.2 Å². The average Bonchev–Trinajstić information content (AvgIpc) is 3.10. The third-order valence-corrected chi connectivity index (χ3v) is 4.44. The SMILES string of the molecule is COCc1nnc(NC(=O)c2cc(=O)c(OCc3ccccc3)cn2C)s1. The van der Waals surface area contributed by atoms with E-state index in [1.54, 1.807) is 14.2 Å². The van der Waals surface area contributed by atoms with Crippen LogP contribution in [0.15, 0.2) is 47.4 Å². The molecular weight excluding hydrogens is 368 g/mol. The first-order valence-corrected chi connectivity index (χ1v) is 8.88. The first-order chi connectivity index (χ1) is 13.1. The number of hydrogen-bond donors (Lipinski definition) is 1. The number of ether oxygens (including phenoxy) is 2. The lowest BCUT2D eigenvalue weighted by Crippen LogP contribution is -2.21. The molecule has 27 heavy (non-hydrogen) atoms. The van der Waals surface area contributed by atoms with E-state index in [0.29, 0.717) is 16.7 Å². The van der Waals surface area contributed by atoms with E-state index in [0.717, 1.165) is 5.56 Å². The van der Waals surface area contributed by atoms with Gasteiger partial charge in [-0.2, -0.15) is 0 Å². The smallest absolute Gasteiger partial charge is 0.274 e. The third-order valence-electron chi connectivity index (χ3n) is 3.63. The number of nitrogens with zero attached hydrogens (tertiary/aromatic N) is 3. The average molecular weight is 386 g/mol. The van der Waals surface area contributed by atoms with E-state index in [4.69, 9.17) is 9.47 Å². The normalized spacial score (nSPS) is 10.6. The molecule has 0 saturated carbocycles. The highest BCUT2D eigenvalue weighted by atomic mass is 32.1. The summed E-state index contributed by atoms with van der Waals surface area (Å²) in [6.07, 6.45) is 1.50. The van der Waals surface area contributed by atoms with E-state index in [1.165, 1.54) is 28.2 Å². The summed E-state index contributed by atoms with van der Waals surface area (Å²) in [4.78, 5) is 24.7. The number of aromatic nitrogens is 3. The lowest BCUT2D eigenvalue weighted by Gasteiger charge is -2.11. The monoisotopic (exact) mass is 386 g/mol. The minimum Gasteiger partial charge on any atom is -0.483 e. The van der Waals surface area contributed by atoms with Gasteiger partial charge in [0.1, 0.15) is 23.9 Å². The van der Waals surface area contributed by atoms with Crippen molar-refractivity contribution in [2.45, 2.75) is 13.2 Å². The van der Waals surface area contributed by atoms with Crippen LogP contribution in [0.2, 0.25) is 0 Å². The molecule has 1 aromatic carbocycles. The fraction of sp³-hybridized carbons (Fsp3) is 0.222. The van der Waals surface area contributed by atoms with Crippen LogP contribution in [0, 0.1) is 0 Å². The van der Waals surface area contributed by atoms with Gasteiger partial charge in [0.25, 0.3) is 5.91 Å². The number of rotatable bonds is 7. The lowest BCUT2D eigenvalue weighted by molar-refractivity contribution is 0.101. The summed E-state index contributed by atoms with van der Waals surface area (Å²) in [6, 6.07) is 10.8. The van der Waals surface area contributed by atoms with Crippen LogP contribution in [0.1, 0.15) is 21.1 Å². The zero-order valence-electron chi connectivity index (χ0n) is 14.8. The first kappa shape index (κ1) is 18.7. The van der Waals surface area contributed by atoms with E-state index in [-0.39, 0.29) is 23.5 Å². The molecule has 3 aromatic rings. The molecule has 3 rings (SSSR count). The van der Waals surface area contributed by atoms with E-state index in [2.05, 4.69) is 15.5 Å². The predicted octanol–water partition coefficient (Wildman–Crippen LogP) is 2.21. The van der Waals surface area contributed by atoms with E-state index in [9.17, 15) is 9.59 Å². The Morgan fingerprint density at radius 2 is 2.00 bits per heavy atom. The summed E-state index contributed by atoms with van der Waals surface area (Å²) in [5.41, 5.74) is 0.770. The van der Waals surface area contributed by atoms with Gasteiger partial charge >= 0.3 is 0 Å². The van der Waals surface area contributed by atoms with Gasteiger partial charge in [-0.3, -0.25) is 14.9 Å². The Bertz CT molecular complexity index is 985. The molecule has 2 aromatic heterocycles. The van der Waals surface area contributed by atoms with Crippen LogP contribution in [0.25, 0.3) is 0 Å². The minimum absolute atomic E-state index is 0.177. The molecule has 0 fully saturated rings. The summed E-state index contributed by atoms with van der Waals surface area (Å²) in [5, 5.41) is 11.4. The maximum absolute atomic E-state index is 12.4. The van der Waals surface area contributed by atoms with Crippen molar-refractivity contribution in [2.24, 2.45) is 7.05 Å². The number of anilines is 1. The summed E-state index contributed by atoms with van der Waals surface area (Å²) in [7, 11) is 3.22. The minimum atomic E-state index is -0.454. The second-order valence-corrected chi connectivity index (χ2v) is 6.72. The van der Waals surface area contributed by atoms with Crippen molar-refractivity contribution in [3.63, 3.8) is 0 Å². The third kappa shape index (κ3) is 4.78. The zero-order valence-corrected chi connectivity index (χ0v) is 15.7. The second-order valence-electron chi connectivity index (χ2n) is 5.66. The first-order valence-electron chi connectivity index (χ1n) is 8.07. The van der Waals surface area contributed by atoms with Crippen LogP contribution < -0.4 is 15.5 Å². The molecule has 140 valence electrons. The van der Waals surface area contributed by atoms with Gasteiger partial charge in [-0.15, -0.1) is 10.2 Å². The van der Waals surface area contributed by atoms with Gasteiger partial charge in [-0.25, -0.2) is 0 Å². The van der Waals surface area contributed by atoms with Gasteiger partial charge < -0.3 is 14.0 Å². The van der Waals surface area contributed by atoms with Gasteiger partial charge in [0.05, 0.1) is 6.20 Å². The number of aryl methyl sites for hydroxylation is 1. The van der Waals surface area contributed by atoms with Crippen LogP contribution >= 0.6 is 11.3 Å². The summed E-state index contributed by atoms with van der Waals surface area (Å²) in [5.74, 6) is -0.277. The molecule has 1 N–H and O–H groups in total. The molecule has 0 unspecified atom stereocenters. The summed E-state index contributed by atoms with van der Waals surface area (Å²) < 4.78 is 12.1. The molecule has 0 atom stereocenters. The Kier molecular flexibility index (Phi) is 5.94. The highest BCUT2D eigenvalue weighted by Gasteiger charge is 2.15. The number of carbonyl (C=O) groups excluding carboxylic acids is 1. The quantitative estimate of drug-likeness (QED) is 0.669. The number of carbonyl (C=O) groups is 1. The zero-order chi connectivity index (χ0) is 19.2. The van der Waals surface area contributed by atoms with Crippen molar-refractivity contribution in [2.75, 3.05) is 12.4 Å². The Hall–Kier alpha value is -3.04. The summed E-state index contributed by atoms with van der Waals surface area (Å²) >= 11 is 1.21. The van der Waals surface area contributed by atoms with E-state index in [1.807, 2.05) is 30.3 Å². The van der Waals surface area contributed by atoms with Crippen molar-refractivity contribution in [3.8, 4) is 5.75 Å². The van der Waals surface area contributed by atoms with E-state index >= 15 is 0 Å². The molecule has 8 nitrogen and oxygen atoms in total. The lowest BCUT2D eigenvalue weighted by atomic mass is 10.2. The second kappa shape index (κ2) is 8.56. The Balaban J connectivity index is 1.71. The topological polar surface area (TPSA) is 95.3 Å². The Morgan fingerprint density at radius 1 is 1.22 bits per heavy atom. The fourth-order valence-corrected chi connectivity index (χ4v) is 3.03. The molecule has 2 heterocycles. The molecule has 0 aliphatic carbocycles. The Labute approximate surface area is 159 Å². The maximum atomic E-state index is 12.4. The molecule has 0 radical (unpaired) electrons. The van der Waals surface area contributed by atoms with Gasteiger partial charge in [0.15, 0.2) is 5.75 Å². The molecule has 0 bridgehead atoms. The van der Waals surface area contributed by atoms with Crippen LogP contribution in [0.4, 0.5) is 5.13 Å². The van der Waals surface area contributed by atoms with Gasteiger partial charge in [-0.05, 0) is 5.56 Å². The number of amides is 1. The number of methoxy groups -OCH3 is 1. The predicted molar refractivity (Wildman–Crippen MR) is 101 cm³/mol. The van der Waals surface area contributed by atoms with E-state index < -0.39 is 5.91 Å². The highest BCUT2D eigenvalue weighted by Crippen LogP contribution is 2.17. The fourth-order valence-electron chi connectivity index (χ4n) is 2.32. The number of nitrogens with one attached hydrogen (secondary N) is 1. The number of pyridine rings is 1. The molecule has 0 saturated heterocycles. The highest BCUT2D eigenvalue weighted by molar-refractivity contribution is 7.15. The van der Waals surface area contributed by atoms with Gasteiger partial charge in [0.2, 0.25) is 10.6 Å². The van der Waals surface area contributed by atoms with Crippen molar-refractivity contribution >= 4 is 22.4 Å². The van der Waals surface area contributed by atoms with Crippen LogP contribution in [0.5, 0.6) is 5.75 Å². The van der Waals surface area contributed by atoms with Crippen LogP contribution in [-0.4, -0.2) is 27.8 Å². The Morgan fingerprint density at radius 3 is 2.74 bits per heavy atom. The molecule has 9 heteroatoms. The van der Waals surface area contributed by atoms with Crippen LogP contribution in [-0.2, 0) is 25.0 Å². The number of hydrogen-bond acceptors (Lipinski definition) is 7. The molecule has 1 amide bonds. The van der Waals surface area contributed by atoms with Gasteiger partial charge in [-0.1, -0.05) is 41.7 Å². The number of benzene rings is 1. The standard InChI is InChI=1S/C18H18N4O4S/c1-22-9-15(26-10-12-6-4-3-5-7-12)14(23)8-13(22)17(24)19-18-21-20-16(27-18)11-25-2/h3-9H,10-11H2,1-2H3,(H,19,21,24). The van der Waals surface area contributed by atoms with Crippen molar-refractivity contribution in [1.29, 1.82) is 0 Å². The van der Waals surface area contributed by atoms with Crippen LogP contribution in [0.3, 0.4) is 0 Å².